The molecule has 1 aliphatic rings. The number of halogens is 1. The zero-order valence-electron chi connectivity index (χ0n) is 9.91. The Balaban J connectivity index is 2.29. The van der Waals surface area contributed by atoms with Gasteiger partial charge in [0.1, 0.15) is 0 Å². The summed E-state index contributed by atoms with van der Waals surface area (Å²) in [4.78, 5) is 6.45. The number of nitrogens with zero attached hydrogens (tertiary/aromatic N) is 2. The van der Waals surface area contributed by atoms with E-state index in [2.05, 4.69) is 9.88 Å². The summed E-state index contributed by atoms with van der Waals surface area (Å²) in [7, 11) is 0. The fourth-order valence-corrected chi connectivity index (χ4v) is 2.54. The fraction of sp³-hybridized carbons (Fsp3) is 0.357. The van der Waals surface area contributed by atoms with Crippen LogP contribution >= 0.6 is 0 Å². The van der Waals surface area contributed by atoms with Crippen molar-refractivity contribution in [3.63, 3.8) is 0 Å². The van der Waals surface area contributed by atoms with Gasteiger partial charge in [0.25, 0.3) is 0 Å². The molecule has 0 spiro atoms. The summed E-state index contributed by atoms with van der Waals surface area (Å²) in [5.41, 5.74) is 2.12. The minimum Gasteiger partial charge on any atom is -0.369 e. The quantitative estimate of drug-likeness (QED) is 0.747. The lowest BCUT2D eigenvalue weighted by atomic mass is 10.1. The summed E-state index contributed by atoms with van der Waals surface area (Å²) in [6.45, 7) is 3.64. The zero-order valence-corrected chi connectivity index (χ0v) is 9.91. The Morgan fingerprint density at radius 1 is 1.18 bits per heavy atom. The molecule has 3 rings (SSSR count). The third-order valence-corrected chi connectivity index (χ3v) is 3.40. The Morgan fingerprint density at radius 3 is 2.65 bits per heavy atom. The Labute approximate surface area is 100 Å². The highest BCUT2D eigenvalue weighted by Crippen LogP contribution is 2.32. The van der Waals surface area contributed by atoms with Crippen molar-refractivity contribution in [2.24, 2.45) is 0 Å². The molecule has 0 saturated carbocycles. The number of para-hydroxylation sites is 1. The maximum absolute atomic E-state index is 14.3. The first-order valence-corrected chi connectivity index (χ1v) is 6.07. The Kier molecular flexibility index (Phi) is 2.46. The second-order valence-electron chi connectivity index (χ2n) is 4.57. The highest BCUT2D eigenvalue weighted by atomic mass is 19.1. The molecule has 17 heavy (non-hydrogen) atoms. The SMILES string of the molecule is Cc1nc2ccccc2c(N2CCCC2)c1F. The number of hydrogen-bond donors (Lipinski definition) is 0. The molecule has 3 heteroatoms. The minimum atomic E-state index is -0.161. The lowest BCUT2D eigenvalue weighted by Crippen LogP contribution is -2.20. The summed E-state index contributed by atoms with van der Waals surface area (Å²) in [6, 6.07) is 7.79. The summed E-state index contributed by atoms with van der Waals surface area (Å²) >= 11 is 0. The molecule has 0 bridgehead atoms. The van der Waals surface area contributed by atoms with Crippen molar-refractivity contribution in [1.29, 1.82) is 0 Å². The van der Waals surface area contributed by atoms with Gasteiger partial charge in [0.05, 0.1) is 16.9 Å². The third kappa shape index (κ3) is 1.66. The molecular formula is C14H15FN2. The zero-order chi connectivity index (χ0) is 11.8. The molecule has 1 aliphatic heterocycles. The van der Waals surface area contributed by atoms with E-state index in [1.54, 1.807) is 6.92 Å². The first-order chi connectivity index (χ1) is 8.27. The molecule has 0 atom stereocenters. The van der Waals surface area contributed by atoms with Crippen LogP contribution in [-0.4, -0.2) is 18.1 Å². The first kappa shape index (κ1) is 10.5. The third-order valence-electron chi connectivity index (χ3n) is 3.40. The van der Waals surface area contributed by atoms with Crippen LogP contribution < -0.4 is 4.90 Å². The van der Waals surface area contributed by atoms with Gasteiger partial charge in [0, 0.05) is 18.5 Å². The van der Waals surface area contributed by atoms with Gasteiger partial charge in [0.2, 0.25) is 0 Å². The number of aryl methyl sites for hydroxylation is 1. The number of fused-ring (bicyclic) bond motifs is 1. The average molecular weight is 230 g/mol. The van der Waals surface area contributed by atoms with E-state index < -0.39 is 0 Å². The van der Waals surface area contributed by atoms with Crippen molar-refractivity contribution < 1.29 is 4.39 Å². The largest absolute Gasteiger partial charge is 0.369 e. The molecule has 0 unspecified atom stereocenters. The maximum atomic E-state index is 14.3. The summed E-state index contributed by atoms with van der Waals surface area (Å²) in [5.74, 6) is -0.161. The van der Waals surface area contributed by atoms with E-state index in [0.717, 1.165) is 42.5 Å². The van der Waals surface area contributed by atoms with E-state index in [1.165, 1.54) is 0 Å². The van der Waals surface area contributed by atoms with E-state index in [9.17, 15) is 4.39 Å². The van der Waals surface area contributed by atoms with Gasteiger partial charge in [0.15, 0.2) is 5.82 Å². The minimum absolute atomic E-state index is 0.161. The van der Waals surface area contributed by atoms with Crippen LogP contribution in [0.2, 0.25) is 0 Å². The van der Waals surface area contributed by atoms with Crippen LogP contribution in [0.15, 0.2) is 24.3 Å². The number of benzene rings is 1. The van der Waals surface area contributed by atoms with Gasteiger partial charge >= 0.3 is 0 Å². The van der Waals surface area contributed by atoms with Crippen LogP contribution in [0.3, 0.4) is 0 Å². The van der Waals surface area contributed by atoms with Crippen LogP contribution in [0.1, 0.15) is 18.5 Å². The molecule has 0 amide bonds. The van der Waals surface area contributed by atoms with Crippen LogP contribution in [-0.2, 0) is 0 Å². The van der Waals surface area contributed by atoms with Gasteiger partial charge in [-0.05, 0) is 25.8 Å². The second-order valence-corrected chi connectivity index (χ2v) is 4.57. The van der Waals surface area contributed by atoms with Gasteiger partial charge in [-0.3, -0.25) is 0 Å². The number of rotatable bonds is 1. The van der Waals surface area contributed by atoms with E-state index in [0.29, 0.717) is 5.69 Å². The fourth-order valence-electron chi connectivity index (χ4n) is 2.54. The van der Waals surface area contributed by atoms with Crippen molar-refractivity contribution in [2.75, 3.05) is 18.0 Å². The lowest BCUT2D eigenvalue weighted by molar-refractivity contribution is 0.609. The van der Waals surface area contributed by atoms with Crippen molar-refractivity contribution in [3.8, 4) is 0 Å². The molecule has 0 N–H and O–H groups in total. The van der Waals surface area contributed by atoms with Gasteiger partial charge in [-0.25, -0.2) is 9.37 Å². The highest BCUT2D eigenvalue weighted by molar-refractivity contribution is 5.92. The van der Waals surface area contributed by atoms with Gasteiger partial charge in [-0.2, -0.15) is 0 Å². The van der Waals surface area contributed by atoms with E-state index in [1.807, 2.05) is 24.3 Å². The summed E-state index contributed by atoms with van der Waals surface area (Å²) < 4.78 is 14.3. The summed E-state index contributed by atoms with van der Waals surface area (Å²) in [5, 5.41) is 0.928. The molecule has 1 aromatic carbocycles. The van der Waals surface area contributed by atoms with Gasteiger partial charge < -0.3 is 4.90 Å². The van der Waals surface area contributed by atoms with Crippen LogP contribution in [0.4, 0.5) is 10.1 Å². The summed E-state index contributed by atoms with van der Waals surface area (Å²) in [6.07, 6.45) is 2.30. The lowest BCUT2D eigenvalue weighted by Gasteiger charge is -2.21. The standard InChI is InChI=1S/C14H15FN2/c1-10-13(15)14(17-8-4-5-9-17)11-6-2-3-7-12(11)16-10/h2-3,6-7H,4-5,8-9H2,1H3. The van der Waals surface area contributed by atoms with Gasteiger partial charge in [-0.15, -0.1) is 0 Å². The molecule has 0 aliphatic carbocycles. The highest BCUT2D eigenvalue weighted by Gasteiger charge is 2.20. The second kappa shape index (κ2) is 3.99. The number of pyridine rings is 1. The topological polar surface area (TPSA) is 16.1 Å². The Morgan fingerprint density at radius 2 is 1.88 bits per heavy atom. The van der Waals surface area contributed by atoms with E-state index in [-0.39, 0.29) is 5.82 Å². The Hall–Kier alpha value is -1.64. The van der Waals surface area contributed by atoms with Crippen LogP contribution in [0, 0.1) is 12.7 Å². The number of anilines is 1. The molecular weight excluding hydrogens is 215 g/mol. The number of aromatic nitrogens is 1. The van der Waals surface area contributed by atoms with Crippen molar-refractivity contribution in [1.82, 2.24) is 4.98 Å². The number of hydrogen-bond acceptors (Lipinski definition) is 2. The molecule has 0 radical (unpaired) electrons. The average Bonchev–Trinajstić information content (AvgIpc) is 2.84. The van der Waals surface area contributed by atoms with Gasteiger partial charge in [-0.1, -0.05) is 18.2 Å². The van der Waals surface area contributed by atoms with Crippen LogP contribution in [0.5, 0.6) is 0 Å². The smallest absolute Gasteiger partial charge is 0.168 e. The maximum Gasteiger partial charge on any atom is 0.168 e. The predicted octanol–water partition coefficient (Wildman–Crippen LogP) is 3.28. The molecule has 1 saturated heterocycles. The van der Waals surface area contributed by atoms with E-state index >= 15 is 0 Å². The normalized spacial score (nSPS) is 15.8. The molecule has 88 valence electrons. The predicted molar refractivity (Wildman–Crippen MR) is 67.9 cm³/mol. The van der Waals surface area contributed by atoms with E-state index in [4.69, 9.17) is 0 Å². The molecule has 1 aromatic heterocycles. The van der Waals surface area contributed by atoms with Crippen molar-refractivity contribution in [2.45, 2.75) is 19.8 Å². The molecule has 2 nitrogen and oxygen atoms in total. The molecule has 1 fully saturated rings. The molecule has 2 aromatic rings. The molecule has 2 heterocycles. The van der Waals surface area contributed by atoms with Crippen LogP contribution in [0.25, 0.3) is 10.9 Å². The van der Waals surface area contributed by atoms with Crippen molar-refractivity contribution >= 4 is 16.6 Å². The first-order valence-electron chi connectivity index (χ1n) is 6.07. The Bertz CT molecular complexity index is 559. The monoisotopic (exact) mass is 230 g/mol. The van der Waals surface area contributed by atoms with Crippen molar-refractivity contribution in [3.05, 3.63) is 35.8 Å².